The standard InChI is InChI=1S/C32H33N7O4/c1-32(2,3)43-31(42)38-14-12-25(13-15-38)36-29(40)23-8-6-22(7-9-23)26-20-35-39-16-11-24(17-27(26)39)30(41)37(4)28-10-5-21(18-33)19-34-28/h5-11,16-17,19-20,25H,12-15H2,1-4H3,(H,36,40). The normalized spacial score (nSPS) is 13.8. The number of nitrogens with zero attached hydrogens (tertiary/aromatic N) is 6. The smallest absolute Gasteiger partial charge is 0.410 e. The Balaban J connectivity index is 1.24. The van der Waals surface area contributed by atoms with Crippen molar-refractivity contribution in [3.05, 3.63) is 83.8 Å². The van der Waals surface area contributed by atoms with E-state index in [2.05, 4.69) is 15.4 Å². The van der Waals surface area contributed by atoms with Crippen LogP contribution in [0.15, 0.2) is 67.1 Å². The van der Waals surface area contributed by atoms with Crippen molar-refractivity contribution in [1.82, 2.24) is 24.8 Å². The van der Waals surface area contributed by atoms with Crippen LogP contribution in [0.25, 0.3) is 16.6 Å². The van der Waals surface area contributed by atoms with Crippen LogP contribution < -0.4 is 10.2 Å². The number of hydrogen-bond acceptors (Lipinski definition) is 7. The largest absolute Gasteiger partial charge is 0.444 e. The Hall–Kier alpha value is -5.24. The predicted molar refractivity (Wildman–Crippen MR) is 161 cm³/mol. The van der Waals surface area contributed by atoms with Gasteiger partial charge in [-0.2, -0.15) is 10.4 Å². The van der Waals surface area contributed by atoms with Crippen molar-refractivity contribution in [2.45, 2.75) is 45.3 Å². The van der Waals surface area contributed by atoms with E-state index in [1.54, 1.807) is 65.3 Å². The summed E-state index contributed by atoms with van der Waals surface area (Å²) >= 11 is 0. The van der Waals surface area contributed by atoms with Gasteiger partial charge >= 0.3 is 6.09 Å². The van der Waals surface area contributed by atoms with Crippen LogP contribution in [-0.2, 0) is 4.74 Å². The van der Waals surface area contributed by atoms with Crippen molar-refractivity contribution >= 4 is 29.2 Å². The maximum absolute atomic E-state index is 13.2. The van der Waals surface area contributed by atoms with Gasteiger partial charge in [0.1, 0.15) is 17.5 Å². The molecular formula is C32H33N7O4. The Morgan fingerprint density at radius 3 is 2.37 bits per heavy atom. The number of pyridine rings is 2. The number of likely N-dealkylation sites (tertiary alicyclic amines) is 1. The fourth-order valence-corrected chi connectivity index (χ4v) is 4.89. The minimum Gasteiger partial charge on any atom is -0.444 e. The number of anilines is 1. The molecule has 1 fully saturated rings. The summed E-state index contributed by atoms with van der Waals surface area (Å²) in [4.78, 5) is 45.8. The summed E-state index contributed by atoms with van der Waals surface area (Å²) in [5.74, 6) is 0.00494. The molecule has 4 aromatic rings. The topological polar surface area (TPSA) is 133 Å². The molecule has 0 aliphatic carbocycles. The van der Waals surface area contributed by atoms with Crippen LogP contribution >= 0.6 is 0 Å². The van der Waals surface area contributed by atoms with Crippen molar-refractivity contribution < 1.29 is 19.1 Å². The Kier molecular flexibility index (Phi) is 8.12. The highest BCUT2D eigenvalue weighted by atomic mass is 16.6. The lowest BCUT2D eigenvalue weighted by Gasteiger charge is -2.33. The average Bonchev–Trinajstić information content (AvgIpc) is 3.43. The first kappa shape index (κ1) is 29.3. The van der Waals surface area contributed by atoms with Gasteiger partial charge < -0.3 is 15.0 Å². The number of benzene rings is 1. The molecule has 3 aromatic heterocycles. The molecule has 220 valence electrons. The van der Waals surface area contributed by atoms with E-state index in [9.17, 15) is 14.4 Å². The molecule has 0 spiro atoms. The van der Waals surface area contributed by atoms with Gasteiger partial charge in [-0.25, -0.2) is 14.3 Å². The summed E-state index contributed by atoms with van der Waals surface area (Å²) in [6, 6.07) is 16.0. The second-order valence-corrected chi connectivity index (χ2v) is 11.5. The van der Waals surface area contributed by atoms with Gasteiger partial charge in [-0.3, -0.25) is 14.5 Å². The van der Waals surface area contributed by atoms with Crippen LogP contribution in [0.3, 0.4) is 0 Å². The third-order valence-corrected chi connectivity index (χ3v) is 7.23. The summed E-state index contributed by atoms with van der Waals surface area (Å²) in [7, 11) is 1.63. The quantitative estimate of drug-likeness (QED) is 0.363. The lowest BCUT2D eigenvalue weighted by molar-refractivity contribution is 0.0199. The van der Waals surface area contributed by atoms with Crippen LogP contribution in [0, 0.1) is 11.3 Å². The van der Waals surface area contributed by atoms with Crippen LogP contribution in [-0.4, -0.2) is 69.2 Å². The van der Waals surface area contributed by atoms with Gasteiger partial charge in [-0.15, -0.1) is 0 Å². The second-order valence-electron chi connectivity index (χ2n) is 11.5. The van der Waals surface area contributed by atoms with Gasteiger partial charge in [-0.05, 0) is 75.6 Å². The fraction of sp³-hybridized carbons (Fsp3) is 0.312. The van der Waals surface area contributed by atoms with E-state index in [4.69, 9.17) is 10.00 Å². The Bertz CT molecular complexity index is 1690. The zero-order valence-corrected chi connectivity index (χ0v) is 24.6. The SMILES string of the molecule is CN(C(=O)c1ccn2ncc(-c3ccc(C(=O)NC4CCN(C(=O)OC(C)(C)C)CC4)cc3)c2c1)c1ccc(C#N)cn1. The average molecular weight is 580 g/mol. The number of rotatable bonds is 5. The van der Waals surface area contributed by atoms with E-state index in [1.165, 1.54) is 11.1 Å². The van der Waals surface area contributed by atoms with Crippen LogP contribution in [0.2, 0.25) is 0 Å². The Morgan fingerprint density at radius 1 is 1.02 bits per heavy atom. The molecule has 11 nitrogen and oxygen atoms in total. The molecule has 1 N–H and O–H groups in total. The summed E-state index contributed by atoms with van der Waals surface area (Å²) in [6.07, 6.45) is 5.86. The van der Waals surface area contributed by atoms with Crippen molar-refractivity contribution in [1.29, 1.82) is 5.26 Å². The highest BCUT2D eigenvalue weighted by Gasteiger charge is 2.27. The summed E-state index contributed by atoms with van der Waals surface area (Å²) in [5, 5.41) is 16.5. The van der Waals surface area contributed by atoms with E-state index >= 15 is 0 Å². The molecule has 0 radical (unpaired) electrons. The first-order chi connectivity index (χ1) is 20.5. The molecule has 11 heteroatoms. The van der Waals surface area contributed by atoms with Crippen LogP contribution in [0.4, 0.5) is 10.6 Å². The van der Waals surface area contributed by atoms with Gasteiger partial charge in [0.05, 0.1) is 17.3 Å². The monoisotopic (exact) mass is 579 g/mol. The molecular weight excluding hydrogens is 546 g/mol. The Morgan fingerprint density at radius 2 is 1.74 bits per heavy atom. The van der Waals surface area contributed by atoms with Crippen molar-refractivity contribution in [2.75, 3.05) is 25.0 Å². The lowest BCUT2D eigenvalue weighted by atomic mass is 10.0. The minimum atomic E-state index is -0.543. The van der Waals surface area contributed by atoms with E-state index < -0.39 is 5.60 Å². The second kappa shape index (κ2) is 11.9. The number of aromatic nitrogens is 3. The van der Waals surface area contributed by atoms with Crippen molar-refractivity contribution in [3.8, 4) is 17.2 Å². The number of carbonyl (C=O) groups is 3. The maximum Gasteiger partial charge on any atom is 0.410 e. The van der Waals surface area contributed by atoms with Gasteiger partial charge in [0, 0.05) is 55.3 Å². The van der Waals surface area contributed by atoms with Crippen molar-refractivity contribution in [3.63, 3.8) is 0 Å². The highest BCUT2D eigenvalue weighted by molar-refractivity contribution is 6.06. The third kappa shape index (κ3) is 6.64. The number of carbonyl (C=O) groups excluding carboxylic acids is 3. The highest BCUT2D eigenvalue weighted by Crippen LogP contribution is 2.26. The van der Waals surface area contributed by atoms with E-state index in [1.807, 2.05) is 39.0 Å². The maximum atomic E-state index is 13.2. The van der Waals surface area contributed by atoms with Gasteiger partial charge in [0.15, 0.2) is 0 Å². The molecule has 4 heterocycles. The number of ether oxygens (including phenoxy) is 1. The lowest BCUT2D eigenvalue weighted by Crippen LogP contribution is -2.47. The number of amides is 3. The number of piperidine rings is 1. The molecule has 3 amide bonds. The van der Waals surface area contributed by atoms with E-state index in [0.717, 1.165) is 16.6 Å². The molecule has 1 saturated heterocycles. The van der Waals surface area contributed by atoms with Crippen LogP contribution in [0.5, 0.6) is 0 Å². The van der Waals surface area contributed by atoms with Crippen LogP contribution in [0.1, 0.15) is 59.9 Å². The fourth-order valence-electron chi connectivity index (χ4n) is 4.89. The molecule has 1 aromatic carbocycles. The summed E-state index contributed by atoms with van der Waals surface area (Å²) < 4.78 is 7.14. The number of nitriles is 1. The molecule has 5 rings (SSSR count). The molecule has 0 saturated carbocycles. The zero-order chi connectivity index (χ0) is 30.7. The number of fused-ring (bicyclic) bond motifs is 1. The molecule has 0 atom stereocenters. The zero-order valence-electron chi connectivity index (χ0n) is 24.6. The molecule has 43 heavy (non-hydrogen) atoms. The van der Waals surface area contributed by atoms with Gasteiger partial charge in [0.2, 0.25) is 0 Å². The van der Waals surface area contributed by atoms with Gasteiger partial charge in [0.25, 0.3) is 11.8 Å². The molecule has 1 aliphatic rings. The van der Waals surface area contributed by atoms with E-state index in [0.29, 0.717) is 48.4 Å². The molecule has 1 aliphatic heterocycles. The third-order valence-electron chi connectivity index (χ3n) is 7.23. The Labute approximate surface area is 249 Å². The van der Waals surface area contributed by atoms with E-state index in [-0.39, 0.29) is 23.9 Å². The first-order valence-corrected chi connectivity index (χ1v) is 14.0. The molecule has 0 bridgehead atoms. The number of nitrogens with one attached hydrogen (secondary N) is 1. The minimum absolute atomic E-state index is 0.0287. The summed E-state index contributed by atoms with van der Waals surface area (Å²) in [5.41, 5.74) is 3.26. The van der Waals surface area contributed by atoms with Crippen molar-refractivity contribution in [2.24, 2.45) is 0 Å². The first-order valence-electron chi connectivity index (χ1n) is 14.0. The predicted octanol–water partition coefficient (Wildman–Crippen LogP) is 4.67. The van der Waals surface area contributed by atoms with Gasteiger partial charge in [-0.1, -0.05) is 12.1 Å². The number of hydrogen-bond donors (Lipinski definition) is 1. The molecule has 0 unspecified atom stereocenters. The summed E-state index contributed by atoms with van der Waals surface area (Å²) in [6.45, 7) is 6.58.